The number of nitro groups is 1. The van der Waals surface area contributed by atoms with Gasteiger partial charge in [0, 0.05) is 25.2 Å². The molecule has 1 aromatic carbocycles. The fraction of sp³-hybridized carbons (Fsp3) is 0.538. The number of nitrogens with one attached hydrogen (secondary N) is 2. The van der Waals surface area contributed by atoms with E-state index in [1.165, 1.54) is 18.2 Å². The Bertz CT molecular complexity index is 626. The van der Waals surface area contributed by atoms with Crippen LogP contribution in [-0.4, -0.2) is 26.4 Å². The van der Waals surface area contributed by atoms with E-state index in [4.69, 9.17) is 0 Å². The maximum atomic E-state index is 12.3. The lowest BCUT2D eigenvalue weighted by Crippen LogP contribution is -2.26. The molecule has 2 N–H and O–H groups in total. The number of sulfonamides is 1. The molecule has 0 radical (unpaired) electrons. The zero-order valence-electron chi connectivity index (χ0n) is 11.8. The SMILES string of the molecule is CCCNc1cc([N+](=O)[O-])ccc1S(=O)(=O)NCC1CC1. The van der Waals surface area contributed by atoms with Crippen molar-refractivity contribution in [2.75, 3.05) is 18.4 Å². The summed E-state index contributed by atoms with van der Waals surface area (Å²) in [7, 11) is -3.65. The van der Waals surface area contributed by atoms with Crippen molar-refractivity contribution in [1.82, 2.24) is 4.72 Å². The second kappa shape index (κ2) is 6.40. The smallest absolute Gasteiger partial charge is 0.271 e. The minimum atomic E-state index is -3.65. The van der Waals surface area contributed by atoms with E-state index in [0.717, 1.165) is 19.3 Å². The van der Waals surface area contributed by atoms with Crippen molar-refractivity contribution < 1.29 is 13.3 Å². The number of anilines is 1. The van der Waals surface area contributed by atoms with E-state index in [1.54, 1.807) is 0 Å². The van der Waals surface area contributed by atoms with Crippen LogP contribution < -0.4 is 10.0 Å². The molecule has 1 fully saturated rings. The Balaban J connectivity index is 2.28. The van der Waals surface area contributed by atoms with Gasteiger partial charge in [0.05, 0.1) is 10.6 Å². The molecular formula is C13H19N3O4S. The lowest BCUT2D eigenvalue weighted by atomic mass is 10.2. The van der Waals surface area contributed by atoms with Gasteiger partial charge >= 0.3 is 0 Å². The van der Waals surface area contributed by atoms with Gasteiger partial charge < -0.3 is 5.32 Å². The Morgan fingerprint density at radius 2 is 2.10 bits per heavy atom. The van der Waals surface area contributed by atoms with Gasteiger partial charge in [-0.2, -0.15) is 0 Å². The predicted molar refractivity (Wildman–Crippen MR) is 79.8 cm³/mol. The van der Waals surface area contributed by atoms with Gasteiger partial charge in [-0.1, -0.05) is 6.92 Å². The van der Waals surface area contributed by atoms with Crippen molar-refractivity contribution in [2.24, 2.45) is 5.92 Å². The number of hydrogen-bond acceptors (Lipinski definition) is 5. The molecule has 1 aromatic rings. The van der Waals surface area contributed by atoms with Crippen LogP contribution in [0.5, 0.6) is 0 Å². The number of nitro benzene ring substituents is 1. The van der Waals surface area contributed by atoms with Crippen molar-refractivity contribution in [3.05, 3.63) is 28.3 Å². The monoisotopic (exact) mass is 313 g/mol. The molecule has 1 aliphatic carbocycles. The maximum Gasteiger partial charge on any atom is 0.271 e. The first kappa shape index (κ1) is 15.7. The third kappa shape index (κ3) is 4.15. The van der Waals surface area contributed by atoms with Crippen molar-refractivity contribution >= 4 is 21.4 Å². The summed E-state index contributed by atoms with van der Waals surface area (Å²) in [5.74, 6) is 0.421. The van der Waals surface area contributed by atoms with Crippen LogP contribution in [-0.2, 0) is 10.0 Å². The van der Waals surface area contributed by atoms with Crippen LogP contribution in [0.4, 0.5) is 11.4 Å². The Labute approximate surface area is 123 Å². The van der Waals surface area contributed by atoms with Gasteiger partial charge in [-0.05, 0) is 31.2 Å². The zero-order valence-corrected chi connectivity index (χ0v) is 12.6. The summed E-state index contributed by atoms with van der Waals surface area (Å²) in [5.41, 5.74) is 0.143. The van der Waals surface area contributed by atoms with Crippen LogP contribution >= 0.6 is 0 Å². The Hall–Kier alpha value is -1.67. The standard InChI is InChI=1S/C13H19N3O4S/c1-2-7-14-12-8-11(16(17)18)5-6-13(12)21(19,20)15-9-10-3-4-10/h5-6,8,10,14-15H,2-4,7,9H2,1H3. The number of hydrogen-bond donors (Lipinski definition) is 2. The highest BCUT2D eigenvalue weighted by molar-refractivity contribution is 7.89. The molecule has 0 amide bonds. The van der Waals surface area contributed by atoms with Crippen LogP contribution in [0.2, 0.25) is 0 Å². The molecule has 0 bridgehead atoms. The predicted octanol–water partition coefficient (Wildman–Crippen LogP) is 2.10. The number of rotatable bonds is 8. The molecule has 0 saturated heterocycles. The molecule has 8 heteroatoms. The third-order valence-electron chi connectivity index (χ3n) is 3.29. The van der Waals surface area contributed by atoms with Gasteiger partial charge in [-0.3, -0.25) is 10.1 Å². The largest absolute Gasteiger partial charge is 0.384 e. The second-order valence-electron chi connectivity index (χ2n) is 5.16. The van der Waals surface area contributed by atoms with E-state index in [9.17, 15) is 18.5 Å². The first-order valence-electron chi connectivity index (χ1n) is 6.96. The summed E-state index contributed by atoms with van der Waals surface area (Å²) in [6, 6.07) is 3.76. The highest BCUT2D eigenvalue weighted by Crippen LogP contribution is 2.30. The molecular weight excluding hydrogens is 294 g/mol. The molecule has 0 aliphatic heterocycles. The number of nitrogens with zero attached hydrogens (tertiary/aromatic N) is 1. The molecule has 7 nitrogen and oxygen atoms in total. The first-order valence-corrected chi connectivity index (χ1v) is 8.44. The van der Waals surface area contributed by atoms with Crippen LogP contribution in [0.3, 0.4) is 0 Å². The van der Waals surface area contributed by atoms with E-state index in [2.05, 4.69) is 10.0 Å². The van der Waals surface area contributed by atoms with Gasteiger partial charge in [0.1, 0.15) is 4.90 Å². The summed E-state index contributed by atoms with van der Waals surface area (Å²) in [6.45, 7) is 2.91. The van der Waals surface area contributed by atoms with E-state index >= 15 is 0 Å². The summed E-state index contributed by atoms with van der Waals surface area (Å²) in [6.07, 6.45) is 2.88. The Morgan fingerprint density at radius 3 is 2.67 bits per heavy atom. The topological polar surface area (TPSA) is 101 Å². The van der Waals surface area contributed by atoms with Crippen molar-refractivity contribution in [2.45, 2.75) is 31.1 Å². The van der Waals surface area contributed by atoms with Crippen LogP contribution in [0.25, 0.3) is 0 Å². The molecule has 2 rings (SSSR count). The van der Waals surface area contributed by atoms with Crippen LogP contribution in [0, 0.1) is 16.0 Å². The van der Waals surface area contributed by atoms with Gasteiger partial charge in [0.25, 0.3) is 5.69 Å². The highest BCUT2D eigenvalue weighted by atomic mass is 32.2. The molecule has 0 atom stereocenters. The second-order valence-corrected chi connectivity index (χ2v) is 6.89. The van der Waals surface area contributed by atoms with Crippen molar-refractivity contribution in [3.63, 3.8) is 0 Å². The number of benzene rings is 1. The summed E-state index contributed by atoms with van der Waals surface area (Å²) in [5, 5.41) is 13.8. The fourth-order valence-corrected chi connectivity index (χ4v) is 3.17. The Morgan fingerprint density at radius 1 is 1.38 bits per heavy atom. The molecule has 1 saturated carbocycles. The molecule has 1 aliphatic rings. The normalized spacial score (nSPS) is 14.9. The zero-order chi connectivity index (χ0) is 15.5. The summed E-state index contributed by atoms with van der Waals surface area (Å²) < 4.78 is 27.2. The fourth-order valence-electron chi connectivity index (χ4n) is 1.89. The molecule has 0 aromatic heterocycles. The maximum absolute atomic E-state index is 12.3. The van der Waals surface area contributed by atoms with Gasteiger partial charge in [-0.25, -0.2) is 13.1 Å². The summed E-state index contributed by atoms with van der Waals surface area (Å²) >= 11 is 0. The van der Waals surface area contributed by atoms with Crippen molar-refractivity contribution in [3.8, 4) is 0 Å². The lowest BCUT2D eigenvalue weighted by molar-refractivity contribution is -0.384. The lowest BCUT2D eigenvalue weighted by Gasteiger charge is -2.12. The van der Waals surface area contributed by atoms with Gasteiger partial charge in [0.2, 0.25) is 10.0 Å². The van der Waals surface area contributed by atoms with Gasteiger partial charge in [-0.15, -0.1) is 0 Å². The Kier molecular flexibility index (Phi) is 4.79. The minimum absolute atomic E-state index is 0.0576. The quantitative estimate of drug-likeness (QED) is 0.565. The molecule has 0 heterocycles. The van der Waals surface area contributed by atoms with E-state index < -0.39 is 14.9 Å². The van der Waals surface area contributed by atoms with Crippen LogP contribution in [0.1, 0.15) is 26.2 Å². The summed E-state index contributed by atoms with van der Waals surface area (Å²) in [4.78, 5) is 10.3. The molecule has 0 unspecified atom stereocenters. The van der Waals surface area contributed by atoms with E-state index in [-0.39, 0.29) is 16.3 Å². The molecule has 21 heavy (non-hydrogen) atoms. The average Bonchev–Trinajstić information content (AvgIpc) is 3.26. The number of non-ortho nitro benzene ring substituents is 1. The molecule has 0 spiro atoms. The van der Waals surface area contributed by atoms with Gasteiger partial charge in [0.15, 0.2) is 0 Å². The van der Waals surface area contributed by atoms with Crippen LogP contribution in [0.15, 0.2) is 23.1 Å². The first-order chi connectivity index (χ1) is 9.94. The van der Waals surface area contributed by atoms with E-state index in [1.807, 2.05) is 6.92 Å². The molecule has 116 valence electrons. The third-order valence-corrected chi connectivity index (χ3v) is 4.77. The van der Waals surface area contributed by atoms with E-state index in [0.29, 0.717) is 19.0 Å². The minimum Gasteiger partial charge on any atom is -0.384 e. The average molecular weight is 313 g/mol. The van der Waals surface area contributed by atoms with Crippen molar-refractivity contribution in [1.29, 1.82) is 0 Å². The highest BCUT2D eigenvalue weighted by Gasteiger charge is 2.26.